The fourth-order valence-electron chi connectivity index (χ4n) is 4.60. The Balaban J connectivity index is 1.51. The molecule has 1 aromatic carbocycles. The number of aromatic nitrogens is 2. The van der Waals surface area contributed by atoms with Gasteiger partial charge in [0.05, 0.1) is 5.56 Å². The van der Waals surface area contributed by atoms with Gasteiger partial charge < -0.3 is 9.80 Å². The van der Waals surface area contributed by atoms with E-state index in [1.807, 2.05) is 38.1 Å². The summed E-state index contributed by atoms with van der Waals surface area (Å²) < 4.78 is 30.3. The smallest absolute Gasteiger partial charge is 0.263 e. The van der Waals surface area contributed by atoms with E-state index in [0.29, 0.717) is 50.8 Å². The predicted octanol–water partition coefficient (Wildman–Crippen LogP) is 2.32. The zero-order chi connectivity index (χ0) is 25.2. The second-order valence-electron chi connectivity index (χ2n) is 8.91. The minimum atomic E-state index is -3.93. The van der Waals surface area contributed by atoms with Gasteiger partial charge in [-0.2, -0.15) is 9.40 Å². The Morgan fingerprint density at radius 3 is 2.43 bits per heavy atom. The molecule has 2 saturated heterocycles. The Hall–Kier alpha value is -2.40. The van der Waals surface area contributed by atoms with Gasteiger partial charge in [0.15, 0.2) is 0 Å². The molecule has 0 N–H and O–H groups in total. The van der Waals surface area contributed by atoms with Crippen LogP contribution in [0.3, 0.4) is 0 Å². The lowest BCUT2D eigenvalue weighted by molar-refractivity contribution is 0.0646. The van der Waals surface area contributed by atoms with Crippen LogP contribution < -0.4 is 4.90 Å². The Labute approximate surface area is 212 Å². The summed E-state index contributed by atoms with van der Waals surface area (Å²) in [4.78, 5) is 19.5. The average molecular weight is 521 g/mol. The van der Waals surface area contributed by atoms with Crippen LogP contribution in [0.5, 0.6) is 0 Å². The molecule has 35 heavy (non-hydrogen) atoms. The highest BCUT2D eigenvalue weighted by molar-refractivity contribution is 7.89. The summed E-state index contributed by atoms with van der Waals surface area (Å²) in [6.45, 7) is 13.1. The third-order valence-electron chi connectivity index (χ3n) is 6.66. The van der Waals surface area contributed by atoms with Crippen molar-refractivity contribution in [2.24, 2.45) is 0 Å². The van der Waals surface area contributed by atoms with Crippen molar-refractivity contribution in [1.29, 1.82) is 0 Å². The number of piperazine rings is 2. The van der Waals surface area contributed by atoms with Crippen molar-refractivity contribution in [3.8, 4) is 0 Å². The minimum absolute atomic E-state index is 0.148. The Kier molecular flexibility index (Phi) is 7.85. The van der Waals surface area contributed by atoms with Gasteiger partial charge in [-0.05, 0) is 31.5 Å². The topological polar surface area (TPSA) is 82.0 Å². The third kappa shape index (κ3) is 5.40. The first-order valence-corrected chi connectivity index (χ1v) is 13.8. The lowest BCUT2D eigenvalue weighted by Crippen LogP contribution is -2.50. The number of nitrogens with zero attached hydrogens (tertiary/aromatic N) is 6. The first-order valence-electron chi connectivity index (χ1n) is 12.0. The number of anilines is 1. The van der Waals surface area contributed by atoms with E-state index in [1.54, 1.807) is 11.1 Å². The van der Waals surface area contributed by atoms with Gasteiger partial charge in [0.25, 0.3) is 15.9 Å². The summed E-state index contributed by atoms with van der Waals surface area (Å²) in [5, 5.41) is 4.83. The molecule has 4 rings (SSSR count). The molecule has 2 fully saturated rings. The van der Waals surface area contributed by atoms with Gasteiger partial charge in [0, 0.05) is 82.4 Å². The van der Waals surface area contributed by atoms with Gasteiger partial charge >= 0.3 is 0 Å². The van der Waals surface area contributed by atoms with Crippen LogP contribution in [0.15, 0.2) is 42.1 Å². The molecule has 0 unspecified atom stereocenters. The van der Waals surface area contributed by atoms with Crippen molar-refractivity contribution < 1.29 is 13.2 Å². The molecule has 2 aliphatic heterocycles. The number of halogens is 1. The molecule has 3 heterocycles. The zero-order valence-corrected chi connectivity index (χ0v) is 21.9. The van der Waals surface area contributed by atoms with Crippen molar-refractivity contribution in [3.63, 3.8) is 0 Å². The first kappa shape index (κ1) is 25.7. The van der Waals surface area contributed by atoms with Crippen LogP contribution in [-0.2, 0) is 16.6 Å². The maximum absolute atomic E-state index is 13.6. The number of benzene rings is 1. The van der Waals surface area contributed by atoms with E-state index in [2.05, 4.69) is 21.5 Å². The molecular formula is C24H33ClN6O3S. The molecule has 0 atom stereocenters. The quantitative estimate of drug-likeness (QED) is 0.521. The molecule has 0 spiro atoms. The lowest BCUT2D eigenvalue weighted by Gasteiger charge is -2.36. The molecule has 0 radical (unpaired) electrons. The van der Waals surface area contributed by atoms with Gasteiger partial charge in [-0.1, -0.05) is 23.7 Å². The number of amides is 1. The maximum atomic E-state index is 13.6. The van der Waals surface area contributed by atoms with E-state index >= 15 is 0 Å². The molecular weight excluding hydrogens is 488 g/mol. The fourth-order valence-corrected chi connectivity index (χ4v) is 6.29. The molecule has 2 aromatic rings. The lowest BCUT2D eigenvalue weighted by atomic mass is 10.1. The second kappa shape index (κ2) is 10.7. The summed E-state index contributed by atoms with van der Waals surface area (Å²) in [6, 6.07) is 5.73. The van der Waals surface area contributed by atoms with Crippen LogP contribution in [-0.4, -0.2) is 97.1 Å². The van der Waals surface area contributed by atoms with Gasteiger partial charge in [0.1, 0.15) is 0 Å². The van der Waals surface area contributed by atoms with E-state index in [4.69, 9.17) is 11.6 Å². The highest BCUT2D eigenvalue weighted by atomic mass is 35.5. The number of rotatable bonds is 7. The molecule has 9 nitrogen and oxygen atoms in total. The van der Waals surface area contributed by atoms with Gasteiger partial charge in [-0.3, -0.25) is 14.4 Å². The van der Waals surface area contributed by atoms with Crippen LogP contribution in [0.1, 0.15) is 22.8 Å². The number of hydrogen-bond donors (Lipinski definition) is 0. The number of carbonyl (C=O) groups excluding carboxylic acids is 1. The highest BCUT2D eigenvalue weighted by Crippen LogP contribution is 2.27. The first-order chi connectivity index (χ1) is 16.7. The second-order valence-corrected chi connectivity index (χ2v) is 11.2. The van der Waals surface area contributed by atoms with Crippen LogP contribution >= 0.6 is 11.6 Å². The highest BCUT2D eigenvalue weighted by Gasteiger charge is 2.36. The van der Waals surface area contributed by atoms with E-state index in [0.717, 1.165) is 30.9 Å². The van der Waals surface area contributed by atoms with Gasteiger partial charge in [0.2, 0.25) is 5.03 Å². The number of sulfonamides is 1. The molecule has 0 bridgehead atoms. The van der Waals surface area contributed by atoms with E-state index in [9.17, 15) is 13.2 Å². The Bertz CT molecular complexity index is 1180. The Morgan fingerprint density at radius 1 is 1.11 bits per heavy atom. The molecule has 190 valence electrons. The largest absolute Gasteiger partial charge is 0.369 e. The molecule has 1 amide bonds. The van der Waals surface area contributed by atoms with Gasteiger partial charge in [-0.25, -0.2) is 8.42 Å². The summed E-state index contributed by atoms with van der Waals surface area (Å²) in [6.07, 6.45) is 3.41. The van der Waals surface area contributed by atoms with Crippen molar-refractivity contribution in [3.05, 3.63) is 53.2 Å². The van der Waals surface area contributed by atoms with Crippen LogP contribution in [0.25, 0.3) is 0 Å². The van der Waals surface area contributed by atoms with Crippen LogP contribution in [0.2, 0.25) is 5.02 Å². The molecule has 0 saturated carbocycles. The number of carbonyl (C=O) groups is 1. The average Bonchev–Trinajstić information content (AvgIpc) is 3.31. The minimum Gasteiger partial charge on any atom is -0.369 e. The van der Waals surface area contributed by atoms with Gasteiger partial charge in [-0.15, -0.1) is 6.58 Å². The summed E-state index contributed by atoms with van der Waals surface area (Å²) in [5.74, 6) is -0.283. The van der Waals surface area contributed by atoms with E-state index < -0.39 is 10.0 Å². The van der Waals surface area contributed by atoms with Crippen molar-refractivity contribution in [1.82, 2.24) is 23.9 Å². The van der Waals surface area contributed by atoms with Crippen molar-refractivity contribution in [2.75, 3.05) is 63.8 Å². The monoisotopic (exact) mass is 520 g/mol. The van der Waals surface area contributed by atoms with Crippen molar-refractivity contribution >= 4 is 33.2 Å². The molecule has 11 heteroatoms. The summed E-state index contributed by atoms with van der Waals surface area (Å²) in [5.41, 5.74) is 2.25. The third-order valence-corrected chi connectivity index (χ3v) is 8.73. The van der Waals surface area contributed by atoms with Crippen molar-refractivity contribution in [2.45, 2.75) is 25.4 Å². The SMILES string of the molecule is C=CCN1CCN(C(=O)c2cn(CC)nc2S(=O)(=O)N2CCN(c3cc(Cl)ccc3C)CC2)CC1. The fraction of sp³-hybridized carbons (Fsp3) is 0.500. The standard InChI is InChI=1S/C24H33ClN6O3S/c1-4-8-27-9-11-29(12-10-27)24(32)21-18-30(5-2)26-23(21)35(33,34)31-15-13-28(14-16-31)22-17-20(25)7-6-19(22)3/h4,6-7,17-18H,1,5,8-16H2,2-3H3. The summed E-state index contributed by atoms with van der Waals surface area (Å²) in [7, 11) is -3.93. The van der Waals surface area contributed by atoms with Crippen LogP contribution in [0.4, 0.5) is 5.69 Å². The van der Waals surface area contributed by atoms with E-state index in [1.165, 1.54) is 8.99 Å². The summed E-state index contributed by atoms with van der Waals surface area (Å²) >= 11 is 6.18. The van der Waals surface area contributed by atoms with Crippen LogP contribution in [0, 0.1) is 6.92 Å². The molecule has 0 aliphatic carbocycles. The zero-order valence-electron chi connectivity index (χ0n) is 20.4. The Morgan fingerprint density at radius 2 is 1.80 bits per heavy atom. The number of aryl methyl sites for hydroxylation is 2. The number of hydrogen-bond acceptors (Lipinski definition) is 6. The molecule has 1 aromatic heterocycles. The predicted molar refractivity (Wildman–Crippen MR) is 138 cm³/mol. The normalized spacial score (nSPS) is 18.1. The van der Waals surface area contributed by atoms with E-state index in [-0.39, 0.29) is 16.5 Å². The molecule has 2 aliphatic rings. The maximum Gasteiger partial charge on any atom is 0.263 e.